The van der Waals surface area contributed by atoms with E-state index in [9.17, 15) is 38.4 Å². The van der Waals surface area contributed by atoms with Crippen LogP contribution in [0.3, 0.4) is 0 Å². The fourth-order valence-corrected chi connectivity index (χ4v) is 9.12. The lowest BCUT2D eigenvalue weighted by Gasteiger charge is -2.41. The molecule has 20 heteroatoms. The third-order valence-corrected chi connectivity index (χ3v) is 13.2. The Hall–Kier alpha value is -5.18. The van der Waals surface area contributed by atoms with Gasteiger partial charge in [-0.25, -0.2) is 4.79 Å². The largest absolute Gasteiger partial charge is 0.480 e. The van der Waals surface area contributed by atoms with E-state index in [4.69, 9.17) is 25.1 Å². The summed E-state index contributed by atoms with van der Waals surface area (Å²) in [5, 5.41) is 20.0. The molecule has 0 bridgehead atoms. The maximum Gasteiger partial charge on any atom is 0.328 e. The van der Waals surface area contributed by atoms with Crippen LogP contribution in [0.2, 0.25) is 0 Å². The molecule has 7 N–H and O–H groups in total. The quantitative estimate of drug-likeness (QED) is 0.0474. The number of rotatable bonds is 30. The summed E-state index contributed by atoms with van der Waals surface area (Å²) in [7, 11) is 8.38. The lowest BCUT2D eigenvalue weighted by molar-refractivity contribution is -0.148. The van der Waals surface area contributed by atoms with E-state index in [0.717, 1.165) is 5.56 Å². The Balaban J connectivity index is 2.20. The molecule has 70 heavy (non-hydrogen) atoms. The van der Waals surface area contributed by atoms with Crippen LogP contribution in [0.15, 0.2) is 30.3 Å². The Labute approximate surface area is 415 Å². The summed E-state index contributed by atoms with van der Waals surface area (Å²) in [5.74, 6) is -5.60. The van der Waals surface area contributed by atoms with Crippen LogP contribution in [-0.4, -0.2) is 177 Å². The molecular weight excluding hydrogens is 905 g/mol. The van der Waals surface area contributed by atoms with E-state index < -0.39 is 96.5 Å². The molecule has 1 heterocycles. The summed E-state index contributed by atoms with van der Waals surface area (Å²) in [4.78, 5) is 111. The van der Waals surface area contributed by atoms with Crippen molar-refractivity contribution in [1.29, 1.82) is 0 Å². The van der Waals surface area contributed by atoms with E-state index in [2.05, 4.69) is 21.3 Å². The Kier molecular flexibility index (Phi) is 26.0. The number of hydrogen-bond acceptors (Lipinski definition) is 13. The lowest BCUT2D eigenvalue weighted by atomic mass is 9.89. The Bertz CT molecular complexity index is 1860. The number of likely N-dealkylation sites (tertiary alicyclic amines) is 1. The topological polar surface area (TPSA) is 268 Å². The number of nitrogens with one attached hydrogen (secondary N) is 4. The maximum absolute atomic E-state index is 14.4. The van der Waals surface area contributed by atoms with Gasteiger partial charge >= 0.3 is 11.9 Å². The Morgan fingerprint density at radius 1 is 0.843 bits per heavy atom. The second-order valence-corrected chi connectivity index (χ2v) is 19.5. The predicted molar refractivity (Wildman–Crippen MR) is 264 cm³/mol. The highest BCUT2D eigenvalue weighted by molar-refractivity contribution is 5.91. The van der Waals surface area contributed by atoms with Gasteiger partial charge in [-0.1, -0.05) is 85.2 Å². The monoisotopic (exact) mass is 989 g/mol. The standard InChI is InChI=1S/C50H84N8O12/c1-14-31(6)43(57(11)48(64)41(29(2)3)55-47(63)42(30(4)5)56(9)10)38(68-12)28-40(60)58-24-18-22-37(58)44(69-13)32(7)45(61)54-36(26-34-20-16-15-17-21-34)46(62)52-23-19-25-70-50(67)33(8)53-39(59)27-35(51)49(65)66/h15-17,20-21,29-33,35-38,41-44H,14,18-19,22-28,51H2,1-13H3,(H,52,62)(H,53,59)(H,54,61)(H,55,63)(H,65,66)/t31-,32+,33-,35?,36-,37-,38+,41-,42-,43-,44+/m0/s1. The fourth-order valence-electron chi connectivity index (χ4n) is 9.12. The normalized spacial score (nSPS) is 18.1. The van der Waals surface area contributed by atoms with Crippen molar-refractivity contribution >= 4 is 47.4 Å². The molecule has 396 valence electrons. The van der Waals surface area contributed by atoms with Crippen molar-refractivity contribution in [2.75, 3.05) is 55.1 Å². The average molecular weight is 989 g/mol. The van der Waals surface area contributed by atoms with Crippen LogP contribution in [0.4, 0.5) is 0 Å². The Morgan fingerprint density at radius 2 is 1.49 bits per heavy atom. The first-order valence-corrected chi connectivity index (χ1v) is 24.6. The molecule has 6 amide bonds. The first-order chi connectivity index (χ1) is 32.9. The average Bonchev–Trinajstić information content (AvgIpc) is 3.79. The van der Waals surface area contributed by atoms with Crippen LogP contribution in [0.1, 0.15) is 99.5 Å². The van der Waals surface area contributed by atoms with Crippen LogP contribution < -0.4 is 27.0 Å². The maximum atomic E-state index is 14.4. The number of amides is 6. The Morgan fingerprint density at radius 3 is 2.03 bits per heavy atom. The lowest BCUT2D eigenvalue weighted by Crippen LogP contribution is -2.59. The highest BCUT2D eigenvalue weighted by Gasteiger charge is 2.43. The van der Waals surface area contributed by atoms with Gasteiger partial charge < -0.3 is 56.1 Å². The zero-order valence-electron chi connectivity index (χ0n) is 43.8. The highest BCUT2D eigenvalue weighted by atomic mass is 16.5. The smallest absolute Gasteiger partial charge is 0.328 e. The molecule has 20 nitrogen and oxygen atoms in total. The van der Waals surface area contributed by atoms with Gasteiger partial charge in [-0.3, -0.25) is 38.5 Å². The molecular formula is C50H84N8O12. The van der Waals surface area contributed by atoms with Crippen LogP contribution >= 0.6 is 0 Å². The van der Waals surface area contributed by atoms with Crippen molar-refractivity contribution in [1.82, 2.24) is 36.0 Å². The van der Waals surface area contributed by atoms with Crippen LogP contribution in [0.5, 0.6) is 0 Å². The number of carbonyl (C=O) groups is 8. The van der Waals surface area contributed by atoms with Gasteiger partial charge in [0.2, 0.25) is 35.4 Å². The molecule has 1 saturated heterocycles. The minimum Gasteiger partial charge on any atom is -0.480 e. The number of methoxy groups -OCH3 is 2. The van der Waals surface area contributed by atoms with Gasteiger partial charge in [-0.15, -0.1) is 0 Å². The van der Waals surface area contributed by atoms with Crippen molar-refractivity contribution in [3.8, 4) is 0 Å². The van der Waals surface area contributed by atoms with Crippen LogP contribution in [-0.2, 0) is 59.0 Å². The molecule has 2 rings (SSSR count). The second-order valence-electron chi connectivity index (χ2n) is 19.5. The number of carbonyl (C=O) groups excluding carboxylic acids is 7. The van der Waals surface area contributed by atoms with Gasteiger partial charge in [0, 0.05) is 40.8 Å². The van der Waals surface area contributed by atoms with Gasteiger partial charge in [0.15, 0.2) is 0 Å². The molecule has 1 aliphatic rings. The minimum absolute atomic E-state index is 0.00730. The molecule has 1 unspecified atom stereocenters. The van der Waals surface area contributed by atoms with Crippen molar-refractivity contribution < 1.29 is 57.7 Å². The van der Waals surface area contributed by atoms with E-state index in [1.807, 2.05) is 90.9 Å². The number of hydrogen-bond donors (Lipinski definition) is 6. The van der Waals surface area contributed by atoms with Crippen molar-refractivity contribution in [3.63, 3.8) is 0 Å². The molecule has 0 spiro atoms. The summed E-state index contributed by atoms with van der Waals surface area (Å²) in [6, 6.07) is 3.44. The molecule has 0 aromatic heterocycles. The second kappa shape index (κ2) is 29.9. The van der Waals surface area contributed by atoms with Gasteiger partial charge in [-0.05, 0) is 63.6 Å². The molecule has 0 saturated carbocycles. The summed E-state index contributed by atoms with van der Waals surface area (Å²) >= 11 is 0. The molecule has 0 radical (unpaired) electrons. The summed E-state index contributed by atoms with van der Waals surface area (Å²) in [6.45, 7) is 15.2. The van der Waals surface area contributed by atoms with E-state index in [1.54, 1.807) is 23.8 Å². The highest BCUT2D eigenvalue weighted by Crippen LogP contribution is 2.30. The first-order valence-electron chi connectivity index (χ1n) is 24.6. The zero-order chi connectivity index (χ0) is 53.0. The predicted octanol–water partition coefficient (Wildman–Crippen LogP) is 1.72. The third-order valence-electron chi connectivity index (χ3n) is 13.2. The first kappa shape index (κ1) is 60.9. The van der Waals surface area contributed by atoms with Crippen molar-refractivity contribution in [3.05, 3.63) is 35.9 Å². The third kappa shape index (κ3) is 18.2. The molecule has 1 aromatic rings. The number of nitrogens with two attached hydrogens (primary N) is 1. The summed E-state index contributed by atoms with van der Waals surface area (Å²) < 4.78 is 17.3. The van der Waals surface area contributed by atoms with Gasteiger partial charge in [-0.2, -0.15) is 0 Å². The minimum atomic E-state index is -1.41. The SMILES string of the molecule is CC[C@H](C)[C@@H]([C@@H](CC(=O)N1CCC[C@H]1[C@H](OC)[C@@H](C)C(=O)N[C@@H](Cc1ccccc1)C(=O)NCCCOC(=O)[C@H](C)NC(=O)CC(N)C(=O)O)OC)N(C)C(=O)[C@@H](NC(=O)[C@H](C(C)C)N(C)C)C(C)C. The summed E-state index contributed by atoms with van der Waals surface area (Å²) in [6.07, 6.45) is 0.283. The number of nitrogens with zero attached hydrogens (tertiary/aromatic N) is 3. The number of aliphatic carboxylic acids is 1. The van der Waals surface area contributed by atoms with Gasteiger partial charge in [0.05, 0.1) is 55.7 Å². The number of esters is 1. The van der Waals surface area contributed by atoms with Crippen LogP contribution in [0.25, 0.3) is 0 Å². The molecule has 0 aliphatic carbocycles. The van der Waals surface area contributed by atoms with Gasteiger partial charge in [0.1, 0.15) is 24.2 Å². The zero-order valence-corrected chi connectivity index (χ0v) is 43.8. The fraction of sp³-hybridized carbons (Fsp3) is 0.720. The van der Waals surface area contributed by atoms with Gasteiger partial charge in [0.25, 0.3) is 0 Å². The molecule has 1 aliphatic heterocycles. The van der Waals surface area contributed by atoms with Crippen molar-refractivity contribution in [2.24, 2.45) is 29.4 Å². The van der Waals surface area contributed by atoms with Crippen LogP contribution in [0, 0.1) is 23.7 Å². The number of likely N-dealkylation sites (N-methyl/N-ethyl adjacent to an activating group) is 2. The molecule has 1 aromatic carbocycles. The number of carboxylic acids is 1. The van der Waals surface area contributed by atoms with E-state index in [1.165, 1.54) is 21.1 Å². The number of ether oxygens (including phenoxy) is 3. The van der Waals surface area contributed by atoms with E-state index in [-0.39, 0.29) is 67.9 Å². The number of carboxylic acid groups (broad SMARTS) is 1. The molecule has 11 atom stereocenters. The summed E-state index contributed by atoms with van der Waals surface area (Å²) in [5.41, 5.74) is 6.18. The van der Waals surface area contributed by atoms with E-state index in [0.29, 0.717) is 25.8 Å². The van der Waals surface area contributed by atoms with E-state index >= 15 is 0 Å². The molecule has 1 fully saturated rings. The number of benzene rings is 1. The van der Waals surface area contributed by atoms with Crippen molar-refractivity contribution in [2.45, 2.75) is 155 Å².